The van der Waals surface area contributed by atoms with Gasteiger partial charge in [-0.1, -0.05) is 6.92 Å². The van der Waals surface area contributed by atoms with Crippen LogP contribution in [0.5, 0.6) is 0 Å². The third kappa shape index (κ3) is 3.23. The lowest BCUT2D eigenvalue weighted by Gasteiger charge is -2.26. The zero-order valence-electron chi connectivity index (χ0n) is 9.92. The maximum Gasteiger partial charge on any atom is 0.0700 e. The molecular formula is C11H24N2O. The van der Waals surface area contributed by atoms with E-state index in [2.05, 4.69) is 38.2 Å². The summed E-state index contributed by atoms with van der Waals surface area (Å²) in [7, 11) is 4.29. The summed E-state index contributed by atoms with van der Waals surface area (Å²) in [5, 5.41) is 3.60. The zero-order valence-corrected chi connectivity index (χ0v) is 9.92. The average Bonchev–Trinajstić information content (AvgIpc) is 2.52. The van der Waals surface area contributed by atoms with Crippen molar-refractivity contribution in [2.75, 3.05) is 27.2 Å². The SMILES string of the molecule is CCC(CNC1CCOC1C)N(C)C. The molecule has 0 radical (unpaired) electrons. The summed E-state index contributed by atoms with van der Waals surface area (Å²) >= 11 is 0. The summed E-state index contributed by atoms with van der Waals surface area (Å²) in [5.74, 6) is 0. The number of hydrogen-bond donors (Lipinski definition) is 1. The van der Waals surface area contributed by atoms with E-state index in [-0.39, 0.29) is 0 Å². The van der Waals surface area contributed by atoms with Crippen molar-refractivity contribution >= 4 is 0 Å². The Hall–Kier alpha value is -0.120. The van der Waals surface area contributed by atoms with Gasteiger partial charge in [-0.3, -0.25) is 0 Å². The van der Waals surface area contributed by atoms with Crippen molar-refractivity contribution in [2.45, 2.75) is 44.9 Å². The van der Waals surface area contributed by atoms with Gasteiger partial charge in [-0.2, -0.15) is 0 Å². The van der Waals surface area contributed by atoms with Crippen LogP contribution in [0.1, 0.15) is 26.7 Å². The van der Waals surface area contributed by atoms with Crippen molar-refractivity contribution in [1.82, 2.24) is 10.2 Å². The second-order valence-electron chi connectivity index (χ2n) is 4.41. The van der Waals surface area contributed by atoms with E-state index in [4.69, 9.17) is 4.74 Å². The highest BCUT2D eigenvalue weighted by Crippen LogP contribution is 2.12. The molecule has 1 saturated heterocycles. The molecule has 3 unspecified atom stereocenters. The van der Waals surface area contributed by atoms with Crippen molar-refractivity contribution < 1.29 is 4.74 Å². The highest BCUT2D eigenvalue weighted by Gasteiger charge is 2.24. The summed E-state index contributed by atoms with van der Waals surface area (Å²) in [5.41, 5.74) is 0. The van der Waals surface area contributed by atoms with Crippen molar-refractivity contribution in [3.63, 3.8) is 0 Å². The number of ether oxygens (including phenoxy) is 1. The van der Waals surface area contributed by atoms with Gasteiger partial charge in [0.05, 0.1) is 6.10 Å². The first-order valence-electron chi connectivity index (χ1n) is 5.66. The molecule has 0 amide bonds. The van der Waals surface area contributed by atoms with Crippen LogP contribution in [0.25, 0.3) is 0 Å². The molecule has 0 aromatic rings. The van der Waals surface area contributed by atoms with E-state index in [1.165, 1.54) is 6.42 Å². The monoisotopic (exact) mass is 200 g/mol. The molecule has 3 heteroatoms. The van der Waals surface area contributed by atoms with E-state index in [9.17, 15) is 0 Å². The van der Waals surface area contributed by atoms with Crippen molar-refractivity contribution in [3.8, 4) is 0 Å². The largest absolute Gasteiger partial charge is 0.377 e. The summed E-state index contributed by atoms with van der Waals surface area (Å²) < 4.78 is 5.52. The number of rotatable bonds is 5. The number of nitrogens with one attached hydrogen (secondary N) is 1. The number of nitrogens with zero attached hydrogens (tertiary/aromatic N) is 1. The summed E-state index contributed by atoms with van der Waals surface area (Å²) in [4.78, 5) is 2.29. The van der Waals surface area contributed by atoms with Crippen LogP contribution in [0.4, 0.5) is 0 Å². The Morgan fingerprint density at radius 1 is 1.50 bits per heavy atom. The average molecular weight is 200 g/mol. The van der Waals surface area contributed by atoms with Gasteiger partial charge >= 0.3 is 0 Å². The van der Waals surface area contributed by atoms with Gasteiger partial charge in [-0.25, -0.2) is 0 Å². The normalized spacial score (nSPS) is 29.8. The van der Waals surface area contributed by atoms with Crippen molar-refractivity contribution in [1.29, 1.82) is 0 Å². The molecule has 0 saturated carbocycles. The molecule has 0 aromatic carbocycles. The topological polar surface area (TPSA) is 24.5 Å². The molecule has 14 heavy (non-hydrogen) atoms. The van der Waals surface area contributed by atoms with E-state index in [0.29, 0.717) is 18.2 Å². The van der Waals surface area contributed by atoms with E-state index in [1.807, 2.05) is 0 Å². The minimum atomic E-state index is 0.384. The van der Waals surface area contributed by atoms with Crippen LogP contribution in [0.3, 0.4) is 0 Å². The first-order valence-corrected chi connectivity index (χ1v) is 5.66. The van der Waals surface area contributed by atoms with Gasteiger partial charge in [0.25, 0.3) is 0 Å². The van der Waals surface area contributed by atoms with Crippen molar-refractivity contribution in [3.05, 3.63) is 0 Å². The fourth-order valence-corrected chi connectivity index (χ4v) is 1.98. The second-order valence-corrected chi connectivity index (χ2v) is 4.41. The Labute approximate surface area is 87.8 Å². The molecule has 1 fully saturated rings. The Kier molecular flexibility index (Phi) is 4.85. The van der Waals surface area contributed by atoms with Gasteiger partial charge in [0.2, 0.25) is 0 Å². The van der Waals surface area contributed by atoms with Crippen LogP contribution in [0.15, 0.2) is 0 Å². The molecule has 0 spiro atoms. The van der Waals surface area contributed by atoms with E-state index >= 15 is 0 Å². The van der Waals surface area contributed by atoms with Gasteiger partial charge in [0.1, 0.15) is 0 Å². The lowest BCUT2D eigenvalue weighted by atomic mass is 10.1. The fraction of sp³-hybridized carbons (Fsp3) is 1.00. The molecule has 0 aromatic heterocycles. The van der Waals surface area contributed by atoms with Gasteiger partial charge in [0.15, 0.2) is 0 Å². The molecule has 1 N–H and O–H groups in total. The quantitative estimate of drug-likeness (QED) is 0.719. The van der Waals surface area contributed by atoms with Crippen LogP contribution < -0.4 is 5.32 Å². The molecular weight excluding hydrogens is 176 g/mol. The highest BCUT2D eigenvalue weighted by atomic mass is 16.5. The predicted molar refractivity (Wildman–Crippen MR) is 59.6 cm³/mol. The summed E-state index contributed by atoms with van der Waals surface area (Å²) in [6.07, 6.45) is 2.74. The van der Waals surface area contributed by atoms with Gasteiger partial charge in [-0.15, -0.1) is 0 Å². The van der Waals surface area contributed by atoms with Crippen LogP contribution in [-0.4, -0.2) is 50.3 Å². The van der Waals surface area contributed by atoms with Crippen LogP contribution in [0.2, 0.25) is 0 Å². The van der Waals surface area contributed by atoms with Gasteiger partial charge in [0, 0.05) is 25.2 Å². The maximum atomic E-state index is 5.52. The molecule has 1 heterocycles. The minimum absolute atomic E-state index is 0.384. The molecule has 1 aliphatic rings. The molecule has 3 atom stereocenters. The summed E-state index contributed by atoms with van der Waals surface area (Å²) in [6.45, 7) is 6.38. The fourth-order valence-electron chi connectivity index (χ4n) is 1.98. The lowest BCUT2D eigenvalue weighted by Crippen LogP contribution is -2.43. The van der Waals surface area contributed by atoms with Crippen LogP contribution in [0, 0.1) is 0 Å². The number of hydrogen-bond acceptors (Lipinski definition) is 3. The molecule has 3 nitrogen and oxygen atoms in total. The first-order chi connectivity index (χ1) is 6.65. The second kappa shape index (κ2) is 5.69. The lowest BCUT2D eigenvalue weighted by molar-refractivity contribution is 0.111. The summed E-state index contributed by atoms with van der Waals surface area (Å²) in [6, 6.07) is 1.20. The third-order valence-electron chi connectivity index (χ3n) is 3.19. The van der Waals surface area contributed by atoms with E-state index in [1.54, 1.807) is 0 Å². The number of likely N-dealkylation sites (N-methyl/N-ethyl adjacent to an activating group) is 1. The Morgan fingerprint density at radius 3 is 2.64 bits per heavy atom. The van der Waals surface area contributed by atoms with Crippen LogP contribution in [-0.2, 0) is 4.74 Å². The molecule has 1 rings (SSSR count). The van der Waals surface area contributed by atoms with Gasteiger partial charge < -0.3 is 15.0 Å². The standard InChI is InChI=1S/C11H24N2O/c1-5-10(13(3)4)8-12-11-6-7-14-9(11)2/h9-12H,5-8H2,1-4H3. The molecule has 84 valence electrons. The Bertz CT molecular complexity index is 159. The first kappa shape index (κ1) is 12.0. The van der Waals surface area contributed by atoms with E-state index < -0.39 is 0 Å². The zero-order chi connectivity index (χ0) is 10.6. The van der Waals surface area contributed by atoms with Crippen LogP contribution >= 0.6 is 0 Å². The smallest absolute Gasteiger partial charge is 0.0700 e. The van der Waals surface area contributed by atoms with Crippen molar-refractivity contribution in [2.24, 2.45) is 0 Å². The molecule has 0 bridgehead atoms. The third-order valence-corrected chi connectivity index (χ3v) is 3.19. The maximum absolute atomic E-state index is 5.52. The minimum Gasteiger partial charge on any atom is -0.377 e. The van der Waals surface area contributed by atoms with Gasteiger partial charge in [-0.05, 0) is 33.9 Å². The predicted octanol–water partition coefficient (Wildman–Crippen LogP) is 1.09. The highest BCUT2D eigenvalue weighted by molar-refractivity contribution is 4.81. The Morgan fingerprint density at radius 2 is 2.21 bits per heavy atom. The molecule has 0 aliphatic carbocycles. The molecule has 1 aliphatic heterocycles. The van der Waals surface area contributed by atoms with E-state index in [0.717, 1.165) is 19.6 Å². The Balaban J connectivity index is 2.24.